The van der Waals surface area contributed by atoms with Gasteiger partial charge in [-0.25, -0.2) is 0 Å². The largest absolute Gasteiger partial charge is 0.497 e. The first kappa shape index (κ1) is 11.1. The van der Waals surface area contributed by atoms with E-state index in [1.165, 1.54) is 31.2 Å². The van der Waals surface area contributed by atoms with Crippen LogP contribution in [0.25, 0.3) is 0 Å². The number of benzene rings is 1. The molecule has 0 amide bonds. The minimum absolute atomic E-state index is 0.398. The molecule has 0 spiro atoms. The minimum Gasteiger partial charge on any atom is -0.497 e. The second kappa shape index (κ2) is 4.02. The van der Waals surface area contributed by atoms with E-state index >= 15 is 0 Å². The summed E-state index contributed by atoms with van der Waals surface area (Å²) in [5.74, 6) is 2.02. The first-order chi connectivity index (χ1) is 8.24. The number of fused-ring (bicyclic) bond motifs is 1. The SMILES string of the molecule is COc1ccc(CC2(O)C3CCCCC32)cc1. The number of ether oxygens (including phenoxy) is 1. The molecular formula is C15H20O2. The third-order valence-electron chi connectivity index (χ3n) is 4.59. The molecule has 2 heteroatoms. The van der Waals surface area contributed by atoms with Crippen LogP contribution in [-0.2, 0) is 6.42 Å². The number of hydrogen-bond donors (Lipinski definition) is 1. The minimum atomic E-state index is -0.398. The molecule has 2 atom stereocenters. The van der Waals surface area contributed by atoms with Crippen molar-refractivity contribution in [2.45, 2.75) is 37.7 Å². The Morgan fingerprint density at radius 1 is 1.18 bits per heavy atom. The fraction of sp³-hybridized carbons (Fsp3) is 0.600. The first-order valence-electron chi connectivity index (χ1n) is 6.59. The van der Waals surface area contributed by atoms with E-state index in [1.54, 1.807) is 7.11 Å². The summed E-state index contributed by atoms with van der Waals surface area (Å²) in [6, 6.07) is 8.09. The molecule has 17 heavy (non-hydrogen) atoms. The molecule has 92 valence electrons. The summed E-state index contributed by atoms with van der Waals surface area (Å²) in [6.07, 6.45) is 5.85. The van der Waals surface area contributed by atoms with Crippen LogP contribution < -0.4 is 4.74 Å². The summed E-state index contributed by atoms with van der Waals surface area (Å²) < 4.78 is 5.15. The Balaban J connectivity index is 1.70. The van der Waals surface area contributed by atoms with Gasteiger partial charge < -0.3 is 9.84 Å². The monoisotopic (exact) mass is 232 g/mol. The van der Waals surface area contributed by atoms with Gasteiger partial charge in [0.05, 0.1) is 12.7 Å². The van der Waals surface area contributed by atoms with E-state index in [0.717, 1.165) is 12.2 Å². The lowest BCUT2D eigenvalue weighted by molar-refractivity contribution is 0.119. The van der Waals surface area contributed by atoms with Crippen LogP contribution in [0.4, 0.5) is 0 Å². The van der Waals surface area contributed by atoms with Crippen molar-refractivity contribution in [3.8, 4) is 5.75 Å². The zero-order chi connectivity index (χ0) is 11.9. The topological polar surface area (TPSA) is 29.5 Å². The molecule has 0 radical (unpaired) electrons. The maximum atomic E-state index is 10.6. The van der Waals surface area contributed by atoms with E-state index in [1.807, 2.05) is 12.1 Å². The Kier molecular flexibility index (Phi) is 2.62. The average molecular weight is 232 g/mol. The highest BCUT2D eigenvalue weighted by molar-refractivity contribution is 5.30. The van der Waals surface area contributed by atoms with Crippen LogP contribution >= 0.6 is 0 Å². The molecule has 0 aromatic heterocycles. The number of hydrogen-bond acceptors (Lipinski definition) is 2. The maximum absolute atomic E-state index is 10.6. The van der Waals surface area contributed by atoms with Gasteiger partial charge in [0.15, 0.2) is 0 Å². The van der Waals surface area contributed by atoms with Gasteiger partial charge in [-0.3, -0.25) is 0 Å². The fourth-order valence-electron chi connectivity index (χ4n) is 3.55. The summed E-state index contributed by atoms with van der Waals surface area (Å²) in [7, 11) is 1.68. The molecule has 0 bridgehead atoms. The fourth-order valence-corrected chi connectivity index (χ4v) is 3.55. The molecule has 3 rings (SSSR count). The zero-order valence-electron chi connectivity index (χ0n) is 10.4. The summed E-state index contributed by atoms with van der Waals surface area (Å²) in [6.45, 7) is 0. The maximum Gasteiger partial charge on any atom is 0.118 e. The third kappa shape index (κ3) is 1.85. The lowest BCUT2D eigenvalue weighted by Gasteiger charge is -2.11. The second-order valence-corrected chi connectivity index (χ2v) is 5.51. The van der Waals surface area contributed by atoms with Crippen LogP contribution in [0.5, 0.6) is 5.75 Å². The Bertz CT molecular complexity index is 384. The molecule has 1 aromatic rings. The lowest BCUT2D eigenvalue weighted by Crippen LogP contribution is -2.16. The van der Waals surface area contributed by atoms with E-state index in [0.29, 0.717) is 11.8 Å². The molecule has 1 N–H and O–H groups in total. The van der Waals surface area contributed by atoms with Crippen LogP contribution in [0.3, 0.4) is 0 Å². The number of rotatable bonds is 3. The van der Waals surface area contributed by atoms with E-state index in [-0.39, 0.29) is 0 Å². The molecule has 2 aliphatic rings. The first-order valence-corrected chi connectivity index (χ1v) is 6.59. The number of methoxy groups -OCH3 is 1. The Labute approximate surface area is 103 Å². The van der Waals surface area contributed by atoms with E-state index in [9.17, 15) is 5.11 Å². The summed E-state index contributed by atoms with van der Waals surface area (Å²) in [5.41, 5.74) is 0.827. The summed E-state index contributed by atoms with van der Waals surface area (Å²) in [4.78, 5) is 0. The predicted octanol–water partition coefficient (Wildman–Crippen LogP) is 2.79. The molecule has 0 aliphatic heterocycles. The molecule has 2 unspecified atom stereocenters. The van der Waals surface area contributed by atoms with Gasteiger partial charge in [0, 0.05) is 6.42 Å². The van der Waals surface area contributed by atoms with Crippen LogP contribution in [0.15, 0.2) is 24.3 Å². The van der Waals surface area contributed by atoms with Crippen LogP contribution in [0.2, 0.25) is 0 Å². The predicted molar refractivity (Wildman–Crippen MR) is 67.1 cm³/mol. The highest BCUT2D eigenvalue weighted by Gasteiger charge is 2.63. The van der Waals surface area contributed by atoms with E-state index < -0.39 is 5.60 Å². The van der Waals surface area contributed by atoms with E-state index in [2.05, 4.69) is 12.1 Å². The summed E-state index contributed by atoms with van der Waals surface area (Å²) >= 11 is 0. The molecule has 1 aromatic carbocycles. The zero-order valence-corrected chi connectivity index (χ0v) is 10.4. The molecule has 2 saturated carbocycles. The van der Waals surface area contributed by atoms with Crippen LogP contribution in [-0.4, -0.2) is 17.8 Å². The van der Waals surface area contributed by atoms with Crippen molar-refractivity contribution in [1.29, 1.82) is 0 Å². The van der Waals surface area contributed by atoms with Crippen molar-refractivity contribution in [3.63, 3.8) is 0 Å². The van der Waals surface area contributed by atoms with Crippen LogP contribution in [0, 0.1) is 11.8 Å². The Morgan fingerprint density at radius 3 is 2.29 bits per heavy atom. The molecule has 2 aliphatic carbocycles. The third-order valence-corrected chi connectivity index (χ3v) is 4.59. The van der Waals surface area contributed by atoms with Gasteiger partial charge in [0.25, 0.3) is 0 Å². The Hall–Kier alpha value is -1.02. The van der Waals surface area contributed by atoms with Crippen molar-refractivity contribution in [2.24, 2.45) is 11.8 Å². The van der Waals surface area contributed by atoms with Gasteiger partial charge in [0.1, 0.15) is 5.75 Å². The summed E-state index contributed by atoms with van der Waals surface area (Å²) in [5, 5.41) is 10.6. The normalized spacial score (nSPS) is 35.2. The lowest BCUT2D eigenvalue weighted by atomic mass is 10.0. The number of aliphatic hydroxyl groups is 1. The van der Waals surface area contributed by atoms with E-state index in [4.69, 9.17) is 4.74 Å². The van der Waals surface area contributed by atoms with Crippen molar-refractivity contribution in [1.82, 2.24) is 0 Å². The molecule has 2 fully saturated rings. The smallest absolute Gasteiger partial charge is 0.118 e. The van der Waals surface area contributed by atoms with Gasteiger partial charge in [-0.2, -0.15) is 0 Å². The standard InChI is InChI=1S/C15H20O2/c1-17-12-8-6-11(7-9-12)10-15(16)13-4-2-3-5-14(13)15/h6-9,13-14,16H,2-5,10H2,1H3. The van der Waals surface area contributed by atoms with Crippen LogP contribution in [0.1, 0.15) is 31.2 Å². The second-order valence-electron chi connectivity index (χ2n) is 5.51. The van der Waals surface area contributed by atoms with Crippen molar-refractivity contribution in [2.75, 3.05) is 7.11 Å². The van der Waals surface area contributed by atoms with Gasteiger partial charge in [-0.05, 0) is 42.4 Å². The van der Waals surface area contributed by atoms with Crippen molar-refractivity contribution in [3.05, 3.63) is 29.8 Å². The average Bonchev–Trinajstić information content (AvgIpc) is 2.96. The highest BCUT2D eigenvalue weighted by atomic mass is 16.5. The highest BCUT2D eigenvalue weighted by Crippen LogP contribution is 2.59. The van der Waals surface area contributed by atoms with Gasteiger partial charge in [-0.1, -0.05) is 25.0 Å². The quantitative estimate of drug-likeness (QED) is 0.868. The Morgan fingerprint density at radius 2 is 1.76 bits per heavy atom. The molecule has 0 heterocycles. The molecular weight excluding hydrogens is 212 g/mol. The van der Waals surface area contributed by atoms with Gasteiger partial charge in [-0.15, -0.1) is 0 Å². The van der Waals surface area contributed by atoms with Crippen molar-refractivity contribution >= 4 is 0 Å². The van der Waals surface area contributed by atoms with Gasteiger partial charge >= 0.3 is 0 Å². The molecule has 0 saturated heterocycles. The molecule has 2 nitrogen and oxygen atoms in total. The van der Waals surface area contributed by atoms with Crippen molar-refractivity contribution < 1.29 is 9.84 Å². The van der Waals surface area contributed by atoms with Gasteiger partial charge in [0.2, 0.25) is 0 Å².